The van der Waals surface area contributed by atoms with Crippen molar-refractivity contribution in [3.05, 3.63) is 91.8 Å². The normalized spacial score (nSPS) is 10.9. The Morgan fingerprint density at radius 1 is 1.00 bits per heavy atom. The lowest BCUT2D eigenvalue weighted by Gasteiger charge is -2.09. The van der Waals surface area contributed by atoms with Crippen molar-refractivity contribution in [1.82, 2.24) is 19.6 Å². The molecule has 1 amide bonds. The lowest BCUT2D eigenvalue weighted by atomic mass is 10.2. The Labute approximate surface area is 209 Å². The third kappa shape index (κ3) is 5.62. The summed E-state index contributed by atoms with van der Waals surface area (Å²) in [6, 6.07) is 13.7. The standard InChI is InChI=1S/C22H17Cl4N5O2/c1-13-9-20(29-31(13)11-14-5-6-15(23)10-18(14)26)27-22(32)19-7-8-30(28-19)12-33-21-16(24)3-2-4-17(21)25/h2-10H,11-12H2,1H3,(H,27,29,32). The minimum atomic E-state index is -0.404. The molecule has 4 aromatic rings. The van der Waals surface area contributed by atoms with Gasteiger partial charge in [0.1, 0.15) is 0 Å². The number of hydrogen-bond acceptors (Lipinski definition) is 4. The number of anilines is 1. The van der Waals surface area contributed by atoms with Gasteiger partial charge in [0.15, 0.2) is 24.0 Å². The highest BCUT2D eigenvalue weighted by atomic mass is 35.5. The van der Waals surface area contributed by atoms with Crippen LogP contribution >= 0.6 is 46.4 Å². The zero-order chi connectivity index (χ0) is 23.5. The van der Waals surface area contributed by atoms with E-state index in [1.54, 1.807) is 53.3 Å². The fraction of sp³-hybridized carbons (Fsp3) is 0.136. The first-order valence-corrected chi connectivity index (χ1v) is 11.2. The Kier molecular flexibility index (Phi) is 7.14. The number of aryl methyl sites for hydroxylation is 1. The van der Waals surface area contributed by atoms with Crippen LogP contribution in [0, 0.1) is 6.92 Å². The summed E-state index contributed by atoms with van der Waals surface area (Å²) in [7, 11) is 0. The number of halogens is 4. The summed E-state index contributed by atoms with van der Waals surface area (Å²) in [5.74, 6) is 0.346. The summed E-state index contributed by atoms with van der Waals surface area (Å²) in [5, 5.41) is 13.3. The number of ether oxygens (including phenoxy) is 1. The molecule has 33 heavy (non-hydrogen) atoms. The van der Waals surface area contributed by atoms with E-state index >= 15 is 0 Å². The van der Waals surface area contributed by atoms with Gasteiger partial charge in [-0.1, -0.05) is 58.5 Å². The van der Waals surface area contributed by atoms with E-state index in [0.29, 0.717) is 38.2 Å². The second-order valence-electron chi connectivity index (χ2n) is 7.08. The molecule has 11 heteroatoms. The zero-order valence-corrected chi connectivity index (χ0v) is 20.3. The lowest BCUT2D eigenvalue weighted by Crippen LogP contribution is -2.15. The lowest BCUT2D eigenvalue weighted by molar-refractivity contribution is 0.101. The third-order valence-corrected chi connectivity index (χ3v) is 5.87. The summed E-state index contributed by atoms with van der Waals surface area (Å²) in [5.41, 5.74) is 1.92. The van der Waals surface area contributed by atoms with Crippen LogP contribution in [-0.2, 0) is 13.3 Å². The molecule has 0 spiro atoms. The van der Waals surface area contributed by atoms with Crippen LogP contribution in [0.1, 0.15) is 21.7 Å². The molecule has 4 rings (SSSR count). The van der Waals surface area contributed by atoms with Gasteiger partial charge in [0.05, 0.1) is 16.6 Å². The number of amides is 1. The van der Waals surface area contributed by atoms with Gasteiger partial charge in [-0.05, 0) is 42.8 Å². The summed E-state index contributed by atoms with van der Waals surface area (Å²) < 4.78 is 8.83. The minimum absolute atomic E-state index is 0.0340. The predicted molar refractivity (Wildman–Crippen MR) is 130 cm³/mol. The van der Waals surface area contributed by atoms with E-state index < -0.39 is 5.91 Å². The fourth-order valence-electron chi connectivity index (χ4n) is 3.03. The van der Waals surface area contributed by atoms with Gasteiger partial charge in [0.2, 0.25) is 0 Å². The first-order chi connectivity index (χ1) is 15.8. The van der Waals surface area contributed by atoms with Crippen LogP contribution in [-0.4, -0.2) is 25.5 Å². The topological polar surface area (TPSA) is 74.0 Å². The molecule has 2 aromatic heterocycles. The van der Waals surface area contributed by atoms with Gasteiger partial charge in [-0.15, -0.1) is 0 Å². The maximum absolute atomic E-state index is 12.6. The highest BCUT2D eigenvalue weighted by molar-refractivity contribution is 6.37. The Bertz CT molecular complexity index is 1300. The Balaban J connectivity index is 1.40. The van der Waals surface area contributed by atoms with Crippen LogP contribution in [0.25, 0.3) is 0 Å². The number of rotatable bonds is 7. The first kappa shape index (κ1) is 23.4. The molecular formula is C22H17Cl4N5O2. The number of nitrogens with one attached hydrogen (secondary N) is 1. The highest BCUT2D eigenvalue weighted by Gasteiger charge is 2.14. The van der Waals surface area contributed by atoms with E-state index in [4.69, 9.17) is 51.1 Å². The van der Waals surface area contributed by atoms with Gasteiger partial charge in [0.25, 0.3) is 5.91 Å². The van der Waals surface area contributed by atoms with Crippen molar-refractivity contribution in [3.8, 4) is 5.75 Å². The average Bonchev–Trinajstić information content (AvgIpc) is 3.36. The number of carbonyl (C=O) groups excluding carboxylic acids is 1. The van der Waals surface area contributed by atoms with Crippen LogP contribution in [0.15, 0.2) is 54.7 Å². The Hall–Kier alpha value is -2.71. The molecule has 0 bridgehead atoms. The van der Waals surface area contributed by atoms with Crippen molar-refractivity contribution >= 4 is 58.1 Å². The van der Waals surface area contributed by atoms with E-state index in [1.807, 2.05) is 13.0 Å². The number of nitrogens with zero attached hydrogens (tertiary/aromatic N) is 4. The molecule has 0 aliphatic rings. The van der Waals surface area contributed by atoms with Crippen LogP contribution in [0.3, 0.4) is 0 Å². The molecule has 0 unspecified atom stereocenters. The first-order valence-electron chi connectivity index (χ1n) is 9.70. The van der Waals surface area contributed by atoms with Crippen LogP contribution < -0.4 is 10.1 Å². The average molecular weight is 525 g/mol. The van der Waals surface area contributed by atoms with E-state index in [-0.39, 0.29) is 12.4 Å². The van der Waals surface area contributed by atoms with Crippen LogP contribution in [0.2, 0.25) is 20.1 Å². The maximum Gasteiger partial charge on any atom is 0.277 e. The number of carbonyl (C=O) groups is 1. The SMILES string of the molecule is Cc1cc(NC(=O)c2ccn(COc3c(Cl)cccc3Cl)n2)nn1Cc1ccc(Cl)cc1Cl. The fourth-order valence-corrected chi connectivity index (χ4v) is 4.00. The molecule has 0 aliphatic heterocycles. The van der Waals surface area contributed by atoms with E-state index in [1.165, 1.54) is 4.68 Å². The number of para-hydroxylation sites is 1. The van der Waals surface area contributed by atoms with Crippen molar-refractivity contribution in [2.24, 2.45) is 0 Å². The van der Waals surface area contributed by atoms with Gasteiger partial charge >= 0.3 is 0 Å². The predicted octanol–water partition coefficient (Wildman–Crippen LogP) is 6.34. The van der Waals surface area contributed by atoms with Crippen molar-refractivity contribution in [2.75, 3.05) is 5.32 Å². The van der Waals surface area contributed by atoms with E-state index in [9.17, 15) is 4.79 Å². The summed E-state index contributed by atoms with van der Waals surface area (Å²) in [6.07, 6.45) is 1.62. The van der Waals surface area contributed by atoms with Crippen molar-refractivity contribution in [3.63, 3.8) is 0 Å². The second kappa shape index (κ2) is 10.1. The molecule has 1 N–H and O–H groups in total. The third-order valence-electron chi connectivity index (χ3n) is 4.69. The number of benzene rings is 2. The summed E-state index contributed by atoms with van der Waals surface area (Å²) in [4.78, 5) is 12.6. The number of hydrogen-bond donors (Lipinski definition) is 1. The van der Waals surface area contributed by atoms with Gasteiger partial charge in [-0.3, -0.25) is 9.48 Å². The molecule has 0 radical (unpaired) electrons. The highest BCUT2D eigenvalue weighted by Crippen LogP contribution is 2.32. The summed E-state index contributed by atoms with van der Waals surface area (Å²) >= 11 is 24.4. The van der Waals surface area contributed by atoms with Crippen molar-refractivity contribution in [1.29, 1.82) is 0 Å². The second-order valence-corrected chi connectivity index (χ2v) is 8.74. The number of aromatic nitrogens is 4. The van der Waals surface area contributed by atoms with Crippen molar-refractivity contribution < 1.29 is 9.53 Å². The molecule has 0 saturated heterocycles. The van der Waals surface area contributed by atoms with Gasteiger partial charge < -0.3 is 10.1 Å². The maximum atomic E-state index is 12.6. The smallest absolute Gasteiger partial charge is 0.277 e. The van der Waals surface area contributed by atoms with E-state index in [2.05, 4.69) is 15.5 Å². The minimum Gasteiger partial charge on any atom is -0.468 e. The molecule has 0 fully saturated rings. The zero-order valence-electron chi connectivity index (χ0n) is 17.2. The van der Waals surface area contributed by atoms with Crippen LogP contribution in [0.4, 0.5) is 5.82 Å². The van der Waals surface area contributed by atoms with Crippen molar-refractivity contribution in [2.45, 2.75) is 20.2 Å². The molecule has 7 nitrogen and oxygen atoms in total. The Morgan fingerprint density at radius 2 is 1.76 bits per heavy atom. The molecule has 2 aromatic carbocycles. The van der Waals surface area contributed by atoms with Crippen LogP contribution in [0.5, 0.6) is 5.75 Å². The van der Waals surface area contributed by atoms with E-state index in [0.717, 1.165) is 11.3 Å². The monoisotopic (exact) mass is 523 g/mol. The van der Waals surface area contributed by atoms with Gasteiger partial charge in [-0.2, -0.15) is 10.2 Å². The quantitative estimate of drug-likeness (QED) is 0.306. The largest absolute Gasteiger partial charge is 0.468 e. The Morgan fingerprint density at radius 3 is 2.48 bits per heavy atom. The molecule has 0 saturated carbocycles. The summed E-state index contributed by atoms with van der Waals surface area (Å²) in [6.45, 7) is 2.36. The molecule has 0 atom stereocenters. The molecular weight excluding hydrogens is 508 g/mol. The van der Waals surface area contributed by atoms with Gasteiger partial charge in [-0.25, -0.2) is 4.68 Å². The molecule has 170 valence electrons. The van der Waals surface area contributed by atoms with Gasteiger partial charge in [0, 0.05) is 28.0 Å². The molecule has 2 heterocycles. The molecule has 0 aliphatic carbocycles.